The Morgan fingerprint density at radius 1 is 1.30 bits per heavy atom. The highest BCUT2D eigenvalue weighted by atomic mass is 32.2. The summed E-state index contributed by atoms with van der Waals surface area (Å²) in [6.07, 6.45) is 2.36. The molecule has 0 amide bonds. The van der Waals surface area contributed by atoms with Crippen LogP contribution in [0.1, 0.15) is 27.9 Å². The Balaban J connectivity index is 2.04. The van der Waals surface area contributed by atoms with E-state index >= 15 is 0 Å². The number of carbonyl (C=O) groups is 1. The van der Waals surface area contributed by atoms with E-state index in [2.05, 4.69) is 0 Å². The van der Waals surface area contributed by atoms with Crippen molar-refractivity contribution in [1.29, 1.82) is 5.26 Å². The van der Waals surface area contributed by atoms with E-state index in [0.29, 0.717) is 34.6 Å². The van der Waals surface area contributed by atoms with Gasteiger partial charge in [0.2, 0.25) is 0 Å². The molecule has 2 aromatic carbocycles. The van der Waals surface area contributed by atoms with Gasteiger partial charge < -0.3 is 9.29 Å². The molecule has 1 atom stereocenters. The number of carbonyl (C=O) groups excluding carboxylic acids is 1. The highest BCUT2D eigenvalue weighted by Gasteiger charge is 2.30. The number of ketones is 1. The Morgan fingerprint density at radius 2 is 2.09 bits per heavy atom. The maximum absolute atomic E-state index is 13.5. The van der Waals surface area contributed by atoms with Gasteiger partial charge in [0, 0.05) is 18.1 Å². The number of Topliss-reactive ketones (excluding diaryl/α,β-unsaturated/α-hetero) is 1. The second-order valence-corrected chi connectivity index (χ2v) is 6.53. The summed E-state index contributed by atoms with van der Waals surface area (Å²) < 4.78 is 31.0. The molecule has 4 nitrogen and oxygen atoms in total. The Bertz CT molecular complexity index is 842. The summed E-state index contributed by atoms with van der Waals surface area (Å²) in [5.41, 5.74) is 1.28. The minimum atomic E-state index is -1.27. The van der Waals surface area contributed by atoms with Gasteiger partial charge in [0.1, 0.15) is 23.6 Å². The van der Waals surface area contributed by atoms with E-state index in [0.717, 1.165) is 6.07 Å². The molecule has 0 radical (unpaired) electrons. The largest absolute Gasteiger partial charge is 0.612 e. The maximum atomic E-state index is 13.5. The first-order valence-corrected chi connectivity index (χ1v) is 8.46. The summed E-state index contributed by atoms with van der Waals surface area (Å²) in [6, 6.07) is 8.81. The molecule has 2 aromatic rings. The average Bonchev–Trinajstić information content (AvgIpc) is 2.89. The molecule has 0 fully saturated rings. The van der Waals surface area contributed by atoms with Gasteiger partial charge in [-0.05, 0) is 41.9 Å². The smallest absolute Gasteiger partial charge is 0.168 e. The number of halogens is 1. The lowest BCUT2D eigenvalue weighted by Gasteiger charge is -2.13. The summed E-state index contributed by atoms with van der Waals surface area (Å²) in [5, 5.41) is 8.89. The first kappa shape index (κ1) is 15.5. The number of benzene rings is 2. The fourth-order valence-electron chi connectivity index (χ4n) is 2.67. The molecule has 0 heterocycles. The van der Waals surface area contributed by atoms with Gasteiger partial charge in [0.05, 0.1) is 17.2 Å². The van der Waals surface area contributed by atoms with E-state index < -0.39 is 17.0 Å². The Morgan fingerprint density at radius 3 is 2.78 bits per heavy atom. The van der Waals surface area contributed by atoms with Gasteiger partial charge in [0.25, 0.3) is 0 Å². The number of fused-ring (bicyclic) bond motifs is 1. The molecule has 3 rings (SSSR count). The predicted octanol–water partition coefficient (Wildman–Crippen LogP) is 3.36. The minimum Gasteiger partial charge on any atom is -0.612 e. The molecule has 23 heavy (non-hydrogen) atoms. The molecule has 0 bridgehead atoms. The Hall–Kier alpha value is -2.36. The Kier molecular flexibility index (Phi) is 4.07. The number of rotatable bonds is 3. The topological polar surface area (TPSA) is 73.2 Å². The third-order valence-electron chi connectivity index (χ3n) is 3.65. The first-order chi connectivity index (χ1) is 11.0. The number of ether oxygens (including phenoxy) is 1. The van der Waals surface area contributed by atoms with Crippen LogP contribution in [0, 0.1) is 17.1 Å². The van der Waals surface area contributed by atoms with Crippen LogP contribution in [0.2, 0.25) is 0 Å². The van der Waals surface area contributed by atoms with Crippen molar-refractivity contribution in [2.75, 3.05) is 6.26 Å². The average molecular weight is 329 g/mol. The van der Waals surface area contributed by atoms with E-state index in [1.165, 1.54) is 18.4 Å². The molecule has 0 saturated carbocycles. The maximum Gasteiger partial charge on any atom is 0.168 e. The summed E-state index contributed by atoms with van der Waals surface area (Å²) in [4.78, 5) is 12.5. The van der Waals surface area contributed by atoms with Gasteiger partial charge in [0.15, 0.2) is 10.7 Å². The zero-order chi connectivity index (χ0) is 16.6. The molecule has 1 aliphatic rings. The van der Waals surface area contributed by atoms with Gasteiger partial charge in [-0.1, -0.05) is 0 Å². The van der Waals surface area contributed by atoms with Crippen molar-refractivity contribution in [2.24, 2.45) is 0 Å². The number of hydrogen-bond acceptors (Lipinski definition) is 4. The molecule has 6 heteroatoms. The highest BCUT2D eigenvalue weighted by Crippen LogP contribution is 2.37. The molecule has 1 unspecified atom stereocenters. The van der Waals surface area contributed by atoms with Gasteiger partial charge in [-0.2, -0.15) is 5.26 Å². The summed E-state index contributed by atoms with van der Waals surface area (Å²) in [5.74, 6) is -0.0198. The molecule has 0 aromatic heterocycles. The first-order valence-electron chi connectivity index (χ1n) is 6.90. The molecule has 0 aliphatic heterocycles. The van der Waals surface area contributed by atoms with E-state index in [-0.39, 0.29) is 17.1 Å². The molecule has 116 valence electrons. The van der Waals surface area contributed by atoms with Crippen LogP contribution in [-0.4, -0.2) is 16.6 Å². The molecular weight excluding hydrogens is 317 g/mol. The van der Waals surface area contributed by atoms with Crippen molar-refractivity contribution in [3.05, 3.63) is 52.8 Å². The monoisotopic (exact) mass is 329 g/mol. The quantitative estimate of drug-likeness (QED) is 0.809. The van der Waals surface area contributed by atoms with Crippen LogP contribution in [0.3, 0.4) is 0 Å². The van der Waals surface area contributed by atoms with Crippen LogP contribution in [-0.2, 0) is 17.6 Å². The number of hydrogen-bond donors (Lipinski definition) is 0. The van der Waals surface area contributed by atoms with Crippen molar-refractivity contribution in [3.8, 4) is 17.6 Å². The second kappa shape index (κ2) is 6.03. The van der Waals surface area contributed by atoms with Crippen molar-refractivity contribution in [3.63, 3.8) is 0 Å². The van der Waals surface area contributed by atoms with Crippen molar-refractivity contribution >= 4 is 17.0 Å². The van der Waals surface area contributed by atoms with Gasteiger partial charge >= 0.3 is 0 Å². The van der Waals surface area contributed by atoms with Crippen LogP contribution in [0.25, 0.3) is 0 Å². The Labute approximate surface area is 135 Å². The van der Waals surface area contributed by atoms with Gasteiger partial charge in [-0.25, -0.2) is 4.39 Å². The summed E-state index contributed by atoms with van der Waals surface area (Å²) >= 11 is -1.27. The lowest BCUT2D eigenvalue weighted by atomic mass is 10.1. The molecule has 0 N–H and O–H groups in total. The fraction of sp³-hybridized carbons (Fsp3) is 0.176. The van der Waals surface area contributed by atoms with Crippen LogP contribution >= 0.6 is 0 Å². The fourth-order valence-corrected chi connectivity index (χ4v) is 3.46. The SMILES string of the molecule is C[S+]([O-])c1ccc(Oc2cc(F)cc(C#N)c2)c2c1C(=O)CC2. The van der Waals surface area contributed by atoms with Crippen LogP contribution in [0.5, 0.6) is 11.5 Å². The van der Waals surface area contributed by atoms with Crippen molar-refractivity contribution in [1.82, 2.24) is 0 Å². The molecule has 1 aliphatic carbocycles. The van der Waals surface area contributed by atoms with Gasteiger partial charge in [-0.15, -0.1) is 0 Å². The standard InChI is InChI=1S/C17H12FNO3S/c1-23(21)16-5-4-15(13-2-3-14(20)17(13)16)22-12-7-10(9-19)6-11(18)8-12/h4-8H,2-3H2,1H3. The number of nitriles is 1. The lowest BCUT2D eigenvalue weighted by Crippen LogP contribution is -2.06. The van der Waals surface area contributed by atoms with Crippen molar-refractivity contribution in [2.45, 2.75) is 17.7 Å². The lowest BCUT2D eigenvalue weighted by molar-refractivity contribution is 0.0992. The zero-order valence-corrected chi connectivity index (χ0v) is 13.1. The normalized spacial score (nSPS) is 14.3. The summed E-state index contributed by atoms with van der Waals surface area (Å²) in [7, 11) is 0. The van der Waals surface area contributed by atoms with Gasteiger partial charge in [-0.3, -0.25) is 4.79 Å². The zero-order valence-electron chi connectivity index (χ0n) is 12.3. The third kappa shape index (κ3) is 2.93. The minimum absolute atomic E-state index is 0.0624. The number of nitrogens with zero attached hydrogens (tertiary/aromatic N) is 1. The summed E-state index contributed by atoms with van der Waals surface area (Å²) in [6.45, 7) is 0. The molecule has 0 saturated heterocycles. The van der Waals surface area contributed by atoms with Crippen LogP contribution < -0.4 is 4.74 Å². The van der Waals surface area contributed by atoms with Crippen LogP contribution in [0.4, 0.5) is 4.39 Å². The molecule has 0 spiro atoms. The van der Waals surface area contributed by atoms with E-state index in [1.54, 1.807) is 12.1 Å². The second-order valence-electron chi connectivity index (χ2n) is 5.18. The molecular formula is C17H12FNO3S. The van der Waals surface area contributed by atoms with E-state index in [1.807, 2.05) is 6.07 Å². The van der Waals surface area contributed by atoms with Crippen molar-refractivity contribution < 1.29 is 18.5 Å². The highest BCUT2D eigenvalue weighted by molar-refractivity contribution is 7.90. The van der Waals surface area contributed by atoms with Crippen LogP contribution in [0.15, 0.2) is 35.2 Å². The predicted molar refractivity (Wildman–Crippen MR) is 82.6 cm³/mol. The van der Waals surface area contributed by atoms with E-state index in [9.17, 15) is 13.7 Å². The van der Waals surface area contributed by atoms with E-state index in [4.69, 9.17) is 10.00 Å². The third-order valence-corrected chi connectivity index (χ3v) is 4.61.